The molecule has 152 valence electrons. The lowest BCUT2D eigenvalue weighted by Crippen LogP contribution is -2.29. The van der Waals surface area contributed by atoms with Crippen LogP contribution in [0.4, 0.5) is 4.39 Å². The smallest absolute Gasteiger partial charge is 0.295 e. The van der Waals surface area contributed by atoms with Gasteiger partial charge in [0.2, 0.25) is 0 Å². The summed E-state index contributed by atoms with van der Waals surface area (Å²) in [5, 5.41) is 12.9. The molecular formula is C24H20FNO3S. The second-order valence-corrected chi connectivity index (χ2v) is 8.11. The number of amides is 1. The Morgan fingerprint density at radius 2 is 1.80 bits per heavy atom. The summed E-state index contributed by atoms with van der Waals surface area (Å²) in [6, 6.07) is 15.9. The van der Waals surface area contributed by atoms with Gasteiger partial charge in [-0.2, -0.15) is 0 Å². The fourth-order valence-electron chi connectivity index (χ4n) is 3.69. The minimum atomic E-state index is -1.00. The Labute approximate surface area is 177 Å². The van der Waals surface area contributed by atoms with Crippen LogP contribution in [0.2, 0.25) is 0 Å². The quantitative estimate of drug-likeness (QED) is 0.355. The van der Waals surface area contributed by atoms with E-state index in [1.165, 1.54) is 22.3 Å². The molecule has 1 N–H and O–H groups in total. The van der Waals surface area contributed by atoms with E-state index in [2.05, 4.69) is 0 Å². The molecule has 30 heavy (non-hydrogen) atoms. The van der Waals surface area contributed by atoms with Crippen LogP contribution in [-0.2, 0) is 22.6 Å². The van der Waals surface area contributed by atoms with Crippen molar-refractivity contribution in [2.75, 3.05) is 0 Å². The van der Waals surface area contributed by atoms with Gasteiger partial charge in [-0.1, -0.05) is 55.5 Å². The number of hydrogen-bond acceptors (Lipinski definition) is 4. The zero-order valence-electron chi connectivity index (χ0n) is 16.3. The van der Waals surface area contributed by atoms with Gasteiger partial charge in [0, 0.05) is 16.0 Å². The molecular weight excluding hydrogens is 401 g/mol. The van der Waals surface area contributed by atoms with E-state index in [1.54, 1.807) is 30.3 Å². The lowest BCUT2D eigenvalue weighted by Gasteiger charge is -2.25. The highest BCUT2D eigenvalue weighted by molar-refractivity contribution is 7.09. The molecule has 1 fully saturated rings. The molecule has 1 unspecified atom stereocenters. The number of Topliss-reactive ketones (excluding diaryl/α,β-unsaturated/α-hetero) is 1. The minimum absolute atomic E-state index is 0.0918. The molecule has 0 aliphatic carbocycles. The third-order valence-electron chi connectivity index (χ3n) is 5.28. The van der Waals surface area contributed by atoms with Crippen molar-refractivity contribution in [1.29, 1.82) is 0 Å². The molecule has 6 heteroatoms. The Bertz CT molecular complexity index is 1120. The molecule has 4 rings (SSSR count). The maximum Gasteiger partial charge on any atom is 0.295 e. The van der Waals surface area contributed by atoms with Crippen LogP contribution >= 0.6 is 11.3 Å². The highest BCUT2D eigenvalue weighted by Crippen LogP contribution is 2.41. The van der Waals surface area contributed by atoms with Gasteiger partial charge in [-0.25, -0.2) is 4.39 Å². The van der Waals surface area contributed by atoms with E-state index in [0.29, 0.717) is 5.56 Å². The average molecular weight is 421 g/mol. The first-order chi connectivity index (χ1) is 14.5. The fraction of sp³-hybridized carbons (Fsp3) is 0.167. The molecule has 1 aliphatic heterocycles. The highest BCUT2D eigenvalue weighted by atomic mass is 32.1. The van der Waals surface area contributed by atoms with Crippen LogP contribution in [0.25, 0.3) is 5.76 Å². The standard InChI is InChI=1S/C24H20FNO3S/c1-2-15-9-11-16(12-10-15)22(27)20-21(18-7-3-4-8-19(18)25)26(24(29)23(20)28)14-17-6-5-13-30-17/h3-13,21,27H,2,14H2,1H3/b22-20-. The number of aliphatic hydroxyl groups excluding tert-OH is 1. The molecule has 2 heterocycles. The van der Waals surface area contributed by atoms with Gasteiger partial charge in [0.25, 0.3) is 11.7 Å². The Hall–Kier alpha value is -3.25. The van der Waals surface area contributed by atoms with Crippen LogP contribution in [-0.4, -0.2) is 21.7 Å². The van der Waals surface area contributed by atoms with Crippen LogP contribution in [0.3, 0.4) is 0 Å². The van der Waals surface area contributed by atoms with Gasteiger partial charge in [0.05, 0.1) is 18.2 Å². The SMILES string of the molecule is CCc1ccc(/C(O)=C2/C(=O)C(=O)N(Cc3cccs3)C2c2ccccc2F)cc1. The number of ketones is 1. The number of nitrogens with zero attached hydrogens (tertiary/aromatic N) is 1. The van der Waals surface area contributed by atoms with Gasteiger partial charge < -0.3 is 10.0 Å². The molecule has 0 spiro atoms. The van der Waals surface area contributed by atoms with E-state index in [4.69, 9.17) is 0 Å². The van der Waals surface area contributed by atoms with Crippen LogP contribution in [0.1, 0.15) is 34.5 Å². The summed E-state index contributed by atoms with van der Waals surface area (Å²) in [5.74, 6) is -2.38. The summed E-state index contributed by atoms with van der Waals surface area (Å²) in [6.45, 7) is 2.18. The van der Waals surface area contributed by atoms with Crippen LogP contribution in [0.15, 0.2) is 71.6 Å². The third-order valence-corrected chi connectivity index (χ3v) is 6.14. The van der Waals surface area contributed by atoms with E-state index in [0.717, 1.165) is 16.9 Å². The fourth-order valence-corrected chi connectivity index (χ4v) is 4.39. The second kappa shape index (κ2) is 8.24. The normalized spacial score (nSPS) is 18.2. The number of benzene rings is 2. The van der Waals surface area contributed by atoms with Gasteiger partial charge in [-0.05, 0) is 29.5 Å². The number of aliphatic hydroxyl groups is 1. The van der Waals surface area contributed by atoms with Crippen molar-refractivity contribution in [2.45, 2.75) is 25.9 Å². The molecule has 4 nitrogen and oxygen atoms in total. The molecule has 3 aromatic rings. The molecule has 1 aromatic heterocycles. The van der Waals surface area contributed by atoms with E-state index in [9.17, 15) is 19.1 Å². The summed E-state index contributed by atoms with van der Waals surface area (Å²) in [4.78, 5) is 28.0. The van der Waals surface area contributed by atoms with Crippen molar-refractivity contribution in [3.05, 3.63) is 99.0 Å². The first-order valence-electron chi connectivity index (χ1n) is 9.65. The minimum Gasteiger partial charge on any atom is -0.507 e. The number of hydrogen-bond donors (Lipinski definition) is 1. The topological polar surface area (TPSA) is 57.6 Å². The molecule has 1 amide bonds. The number of carbonyl (C=O) groups is 2. The maximum atomic E-state index is 14.7. The van der Waals surface area contributed by atoms with Gasteiger partial charge in [0.15, 0.2) is 0 Å². The number of thiophene rings is 1. The van der Waals surface area contributed by atoms with Gasteiger partial charge in [0.1, 0.15) is 11.6 Å². The van der Waals surface area contributed by atoms with E-state index >= 15 is 0 Å². The highest BCUT2D eigenvalue weighted by Gasteiger charge is 2.47. The summed E-state index contributed by atoms with van der Waals surface area (Å²) in [5.41, 5.74) is 1.59. The van der Waals surface area contributed by atoms with E-state index in [1.807, 2.05) is 36.6 Å². The molecule has 1 saturated heterocycles. The largest absolute Gasteiger partial charge is 0.507 e. The number of halogens is 1. The van der Waals surface area contributed by atoms with Crippen molar-refractivity contribution in [3.8, 4) is 0 Å². The zero-order chi connectivity index (χ0) is 21.3. The number of likely N-dealkylation sites (tertiary alicyclic amines) is 1. The van der Waals surface area contributed by atoms with E-state index < -0.39 is 23.5 Å². The number of rotatable bonds is 5. The average Bonchev–Trinajstić information content (AvgIpc) is 3.36. The van der Waals surface area contributed by atoms with Gasteiger partial charge in [-0.3, -0.25) is 9.59 Å². The van der Waals surface area contributed by atoms with Crippen molar-refractivity contribution in [1.82, 2.24) is 4.90 Å². The van der Waals surface area contributed by atoms with E-state index in [-0.39, 0.29) is 23.4 Å². The lowest BCUT2D eigenvalue weighted by molar-refractivity contribution is -0.140. The van der Waals surface area contributed by atoms with Crippen molar-refractivity contribution in [2.24, 2.45) is 0 Å². The summed E-state index contributed by atoms with van der Waals surface area (Å²) in [6.07, 6.45) is 0.835. The third kappa shape index (κ3) is 3.55. The predicted molar refractivity (Wildman–Crippen MR) is 114 cm³/mol. The Morgan fingerprint density at radius 1 is 1.07 bits per heavy atom. The van der Waals surface area contributed by atoms with Crippen molar-refractivity contribution in [3.63, 3.8) is 0 Å². The molecule has 0 radical (unpaired) electrons. The molecule has 0 saturated carbocycles. The summed E-state index contributed by atoms with van der Waals surface area (Å²) in [7, 11) is 0. The van der Waals surface area contributed by atoms with Crippen LogP contribution < -0.4 is 0 Å². The van der Waals surface area contributed by atoms with Crippen molar-refractivity contribution < 1.29 is 19.1 Å². The Balaban J connectivity index is 1.87. The molecule has 0 bridgehead atoms. The molecule has 1 aliphatic rings. The number of carbonyl (C=O) groups excluding carboxylic acids is 2. The predicted octanol–water partition coefficient (Wildman–Crippen LogP) is 5.07. The van der Waals surface area contributed by atoms with Gasteiger partial charge in [-0.15, -0.1) is 11.3 Å². The maximum absolute atomic E-state index is 14.7. The van der Waals surface area contributed by atoms with Crippen LogP contribution in [0.5, 0.6) is 0 Å². The molecule has 1 atom stereocenters. The van der Waals surface area contributed by atoms with Gasteiger partial charge >= 0.3 is 0 Å². The lowest BCUT2D eigenvalue weighted by atomic mass is 9.94. The monoisotopic (exact) mass is 421 g/mol. The first kappa shape index (κ1) is 20.0. The first-order valence-corrected chi connectivity index (χ1v) is 10.5. The Kier molecular flexibility index (Phi) is 5.50. The van der Waals surface area contributed by atoms with Crippen molar-refractivity contribution >= 4 is 28.8 Å². The zero-order valence-corrected chi connectivity index (χ0v) is 17.2. The number of aryl methyl sites for hydroxylation is 1. The summed E-state index contributed by atoms with van der Waals surface area (Å²) < 4.78 is 14.7. The Morgan fingerprint density at radius 3 is 2.43 bits per heavy atom. The second-order valence-electron chi connectivity index (χ2n) is 7.08. The van der Waals surface area contributed by atoms with Crippen LogP contribution in [0, 0.1) is 5.82 Å². The molecule has 2 aromatic carbocycles. The summed E-state index contributed by atoms with van der Waals surface area (Å²) >= 11 is 1.45.